The summed E-state index contributed by atoms with van der Waals surface area (Å²) in [6.45, 7) is 12.5. The Hall–Kier alpha value is -1.21. The van der Waals surface area contributed by atoms with E-state index in [1.54, 1.807) is 4.90 Å². The lowest BCUT2D eigenvalue weighted by Crippen LogP contribution is -2.55. The van der Waals surface area contributed by atoms with Crippen LogP contribution in [-0.4, -0.2) is 84.5 Å². The Kier molecular flexibility index (Phi) is 10.9. The fraction of sp³-hybridized carbons (Fsp3) is 0.889. The van der Waals surface area contributed by atoms with E-state index in [2.05, 4.69) is 4.90 Å². The van der Waals surface area contributed by atoms with Gasteiger partial charge in [-0.2, -0.15) is 0 Å². The molecule has 0 aromatic rings. The van der Waals surface area contributed by atoms with Crippen LogP contribution in [0.2, 0.25) is 0 Å². The molecule has 2 aliphatic rings. The van der Waals surface area contributed by atoms with Gasteiger partial charge in [-0.15, -0.1) is 0 Å². The average molecular weight is 361 g/mol. The number of hydrogen-bond acceptors (Lipinski definition) is 4. The molecule has 2 fully saturated rings. The maximum Gasteiger partial charge on any atom is 0.236 e. The van der Waals surface area contributed by atoms with E-state index in [4.69, 9.17) is 5.73 Å². The summed E-state index contributed by atoms with van der Waals surface area (Å²) >= 11 is 0. The van der Waals surface area contributed by atoms with Crippen molar-refractivity contribution in [3.8, 4) is 0 Å². The monoisotopic (exact) mass is 360 g/mol. The van der Waals surface area contributed by atoms with Crippen LogP contribution in [-0.2, 0) is 9.59 Å². The number of likely N-dealkylation sites (tertiary alicyclic amines) is 1. The number of likely N-dealkylation sites (N-methyl/N-ethyl adjacent to an activating group) is 1. The molecule has 2 amide bonds. The smallest absolute Gasteiger partial charge is 0.236 e. The van der Waals surface area contributed by atoms with Gasteiger partial charge in [0.15, 0.2) is 0 Å². The molecule has 0 unspecified atom stereocenters. The van der Waals surface area contributed by atoms with Crippen LogP contribution in [0, 0.1) is 0 Å². The van der Waals surface area contributed by atoms with Crippen LogP contribution in [0.25, 0.3) is 0 Å². The summed E-state index contributed by atoms with van der Waals surface area (Å²) in [5.74, 6) is 0.226. The van der Waals surface area contributed by atoms with Gasteiger partial charge in [-0.1, -0.05) is 13.8 Å². The number of carbonyl (C=O) groups is 2. The predicted molar refractivity (Wildman–Crippen MR) is 100 cm³/mol. The van der Waals surface area contributed by atoms with E-state index in [0.717, 1.165) is 39.0 Å². The zero-order chi connectivity index (χ0) is 19.6. The van der Waals surface area contributed by atoms with Crippen molar-refractivity contribution in [3.63, 3.8) is 0 Å². The first-order valence-electron chi connectivity index (χ1n) is 9.26. The molecule has 0 aliphatic carbocycles. The lowest BCUT2D eigenvalue weighted by atomic mass is 10.0. The normalized spacial score (nSPS) is 19.6. The van der Waals surface area contributed by atoms with E-state index in [-0.39, 0.29) is 18.4 Å². The van der Waals surface area contributed by atoms with Crippen molar-refractivity contribution in [1.29, 1.82) is 0 Å². The Bertz CT molecular complexity index is 398. The zero-order valence-corrected chi connectivity index (χ0v) is 16.8. The molecule has 0 aromatic carbocycles. The summed E-state index contributed by atoms with van der Waals surface area (Å²) in [4.78, 5) is 29.0. The Morgan fingerprint density at radius 2 is 1.64 bits per heavy atom. The van der Waals surface area contributed by atoms with Gasteiger partial charge < -0.3 is 15.5 Å². The van der Waals surface area contributed by atoms with Crippen LogP contribution in [0.5, 0.6) is 0 Å². The SMILES string of the molecule is CC.CC(C)(C)F.CN1CCN(C2CCN(C(=O)CN)CC2)CC1=O. The molecular formula is C18H37FN4O2. The molecule has 6 nitrogen and oxygen atoms in total. The molecule has 0 aromatic heterocycles. The van der Waals surface area contributed by atoms with Gasteiger partial charge in [0.1, 0.15) is 5.67 Å². The van der Waals surface area contributed by atoms with E-state index in [0.29, 0.717) is 12.6 Å². The molecule has 0 spiro atoms. The van der Waals surface area contributed by atoms with Gasteiger partial charge in [0.2, 0.25) is 11.8 Å². The maximum atomic E-state index is 11.7. The highest BCUT2D eigenvalue weighted by molar-refractivity contribution is 5.79. The Balaban J connectivity index is 0.000000710. The van der Waals surface area contributed by atoms with Crippen LogP contribution in [0.4, 0.5) is 4.39 Å². The van der Waals surface area contributed by atoms with Gasteiger partial charge in [-0.25, -0.2) is 4.39 Å². The minimum Gasteiger partial charge on any atom is -0.343 e. The lowest BCUT2D eigenvalue weighted by Gasteiger charge is -2.41. The van der Waals surface area contributed by atoms with E-state index in [1.807, 2.05) is 25.8 Å². The van der Waals surface area contributed by atoms with Gasteiger partial charge in [0.25, 0.3) is 0 Å². The van der Waals surface area contributed by atoms with Crippen molar-refractivity contribution in [1.82, 2.24) is 14.7 Å². The number of piperazine rings is 1. The lowest BCUT2D eigenvalue weighted by molar-refractivity contribution is -0.137. The van der Waals surface area contributed by atoms with E-state index in [1.165, 1.54) is 20.8 Å². The Morgan fingerprint density at radius 3 is 2.04 bits per heavy atom. The summed E-state index contributed by atoms with van der Waals surface area (Å²) in [6.07, 6.45) is 1.89. The van der Waals surface area contributed by atoms with E-state index >= 15 is 0 Å². The number of hydrogen-bond donors (Lipinski definition) is 1. The summed E-state index contributed by atoms with van der Waals surface area (Å²) in [7, 11) is 1.85. The third-order valence-electron chi connectivity index (χ3n) is 3.99. The molecule has 0 atom stereocenters. The summed E-state index contributed by atoms with van der Waals surface area (Å²) in [6, 6.07) is 0.435. The molecule has 2 aliphatic heterocycles. The van der Waals surface area contributed by atoms with Crippen LogP contribution >= 0.6 is 0 Å². The first-order chi connectivity index (χ1) is 11.6. The molecule has 2 N–H and O–H groups in total. The summed E-state index contributed by atoms with van der Waals surface area (Å²) in [5, 5.41) is 0. The number of carbonyl (C=O) groups excluding carboxylic acids is 2. The van der Waals surface area contributed by atoms with Gasteiger partial charge in [0.05, 0.1) is 13.1 Å². The van der Waals surface area contributed by atoms with Crippen LogP contribution in [0.3, 0.4) is 0 Å². The third-order valence-corrected chi connectivity index (χ3v) is 3.99. The van der Waals surface area contributed by atoms with Gasteiger partial charge in [-0.05, 0) is 33.6 Å². The number of nitrogens with two attached hydrogens (primary N) is 1. The Morgan fingerprint density at radius 1 is 1.16 bits per heavy atom. The van der Waals surface area contributed by atoms with Crippen LogP contribution in [0.15, 0.2) is 0 Å². The molecule has 2 heterocycles. The number of rotatable bonds is 2. The van der Waals surface area contributed by atoms with Crippen LogP contribution in [0.1, 0.15) is 47.5 Å². The van der Waals surface area contributed by atoms with Crippen LogP contribution < -0.4 is 5.73 Å². The second-order valence-corrected chi connectivity index (χ2v) is 7.17. The minimum absolute atomic E-state index is 0.0305. The molecule has 2 rings (SSSR count). The molecule has 25 heavy (non-hydrogen) atoms. The van der Waals surface area contributed by atoms with Crippen molar-refractivity contribution in [2.24, 2.45) is 5.73 Å². The third kappa shape index (κ3) is 9.75. The van der Waals surface area contributed by atoms with Gasteiger partial charge in [-0.3, -0.25) is 14.5 Å². The average Bonchev–Trinajstić information content (AvgIpc) is 2.57. The van der Waals surface area contributed by atoms with Gasteiger partial charge in [0, 0.05) is 39.3 Å². The van der Waals surface area contributed by atoms with E-state index < -0.39 is 5.67 Å². The first kappa shape index (κ1) is 23.8. The second-order valence-electron chi connectivity index (χ2n) is 7.17. The number of amides is 2. The fourth-order valence-electron chi connectivity index (χ4n) is 2.70. The number of halogens is 1. The number of nitrogens with zero attached hydrogens (tertiary/aromatic N) is 3. The van der Waals surface area contributed by atoms with Crippen molar-refractivity contribution in [2.75, 3.05) is 46.3 Å². The van der Waals surface area contributed by atoms with Crippen molar-refractivity contribution in [2.45, 2.75) is 59.2 Å². The van der Waals surface area contributed by atoms with Crippen molar-refractivity contribution < 1.29 is 14.0 Å². The highest BCUT2D eigenvalue weighted by Crippen LogP contribution is 2.18. The molecule has 148 valence electrons. The molecule has 0 radical (unpaired) electrons. The quantitative estimate of drug-likeness (QED) is 0.810. The van der Waals surface area contributed by atoms with Crippen molar-refractivity contribution >= 4 is 11.8 Å². The topological polar surface area (TPSA) is 69.9 Å². The first-order valence-corrected chi connectivity index (χ1v) is 9.26. The molecule has 7 heteroatoms. The maximum absolute atomic E-state index is 11.7. The fourth-order valence-corrected chi connectivity index (χ4v) is 2.70. The largest absolute Gasteiger partial charge is 0.343 e. The van der Waals surface area contributed by atoms with E-state index in [9.17, 15) is 14.0 Å². The Labute approximate surface area is 152 Å². The minimum atomic E-state index is -1.00. The zero-order valence-electron chi connectivity index (χ0n) is 16.8. The molecule has 2 saturated heterocycles. The van der Waals surface area contributed by atoms with Crippen molar-refractivity contribution in [3.05, 3.63) is 0 Å². The number of alkyl halides is 1. The summed E-state index contributed by atoms with van der Waals surface area (Å²) in [5.41, 5.74) is 4.36. The second kappa shape index (κ2) is 11.4. The van der Waals surface area contributed by atoms with Gasteiger partial charge >= 0.3 is 0 Å². The highest BCUT2D eigenvalue weighted by Gasteiger charge is 2.30. The number of piperidine rings is 1. The molecule has 0 saturated carbocycles. The molecule has 0 bridgehead atoms. The summed E-state index contributed by atoms with van der Waals surface area (Å²) < 4.78 is 11.7. The highest BCUT2D eigenvalue weighted by atomic mass is 19.1. The molecular weight excluding hydrogens is 323 g/mol. The predicted octanol–water partition coefficient (Wildman–Crippen LogP) is 1.49. The standard InChI is InChI=1S/C12H22N4O2.C4H9F.C2H6/c1-14-6-7-16(9-12(14)18)10-2-4-15(5-3-10)11(17)8-13;1-4(2,3)5;1-2/h10H,2-9,13H2,1H3;1-3H3;1-2H3.